The Labute approximate surface area is 91.4 Å². The zero-order valence-corrected chi connectivity index (χ0v) is 9.55. The molecule has 15 heavy (non-hydrogen) atoms. The third-order valence-electron chi connectivity index (χ3n) is 3.34. The molecule has 0 spiro atoms. The van der Waals surface area contributed by atoms with Crippen LogP contribution in [-0.4, -0.2) is 12.6 Å². The van der Waals surface area contributed by atoms with Crippen molar-refractivity contribution in [2.75, 3.05) is 7.11 Å². The summed E-state index contributed by atoms with van der Waals surface area (Å²) in [6, 6.07) is 6.25. The largest absolute Gasteiger partial charge is 0.497 e. The Morgan fingerprint density at radius 3 is 2.73 bits per heavy atom. The first-order valence-electron chi connectivity index (χ1n) is 5.55. The lowest BCUT2D eigenvalue weighted by atomic mass is 10.00. The fourth-order valence-corrected chi connectivity index (χ4v) is 1.84. The van der Waals surface area contributed by atoms with Gasteiger partial charge in [-0.3, -0.25) is 0 Å². The highest BCUT2D eigenvalue weighted by Crippen LogP contribution is 2.37. The van der Waals surface area contributed by atoms with E-state index in [4.69, 9.17) is 10.5 Å². The summed E-state index contributed by atoms with van der Waals surface area (Å²) < 4.78 is 5.23. The summed E-state index contributed by atoms with van der Waals surface area (Å²) in [4.78, 5) is 0. The predicted molar refractivity (Wildman–Crippen MR) is 62.2 cm³/mol. The van der Waals surface area contributed by atoms with Crippen LogP contribution in [0.25, 0.3) is 0 Å². The smallest absolute Gasteiger partial charge is 0.119 e. The minimum atomic E-state index is 0.148. The Hall–Kier alpha value is -1.02. The van der Waals surface area contributed by atoms with Gasteiger partial charge in [0.2, 0.25) is 0 Å². The molecular weight excluding hydrogens is 186 g/mol. The number of methoxy groups -OCH3 is 1. The van der Waals surface area contributed by atoms with E-state index in [0.29, 0.717) is 0 Å². The lowest BCUT2D eigenvalue weighted by Gasteiger charge is -2.11. The number of nitrogens with two attached hydrogens (primary N) is 1. The van der Waals surface area contributed by atoms with Gasteiger partial charge >= 0.3 is 0 Å². The molecule has 0 unspecified atom stereocenters. The number of benzene rings is 1. The van der Waals surface area contributed by atoms with Gasteiger partial charge in [0.05, 0.1) is 7.11 Å². The summed E-state index contributed by atoms with van der Waals surface area (Å²) >= 11 is 0. The molecule has 0 aliphatic heterocycles. The number of rotatable bonds is 4. The summed E-state index contributed by atoms with van der Waals surface area (Å²) in [6.07, 6.45) is 4.55. The van der Waals surface area contributed by atoms with Crippen molar-refractivity contribution in [2.24, 2.45) is 5.73 Å². The quantitative estimate of drug-likeness (QED) is 0.819. The molecular formula is C13H19NO. The van der Waals surface area contributed by atoms with Crippen molar-refractivity contribution in [1.82, 2.24) is 0 Å². The maximum atomic E-state index is 6.08. The molecule has 1 aromatic carbocycles. The maximum Gasteiger partial charge on any atom is 0.119 e. The van der Waals surface area contributed by atoms with Crippen LogP contribution in [0.3, 0.4) is 0 Å². The van der Waals surface area contributed by atoms with Crippen LogP contribution in [0.4, 0.5) is 0 Å². The molecule has 0 radical (unpaired) electrons. The van der Waals surface area contributed by atoms with E-state index >= 15 is 0 Å². The van der Waals surface area contributed by atoms with Gasteiger partial charge in [0.15, 0.2) is 0 Å². The van der Waals surface area contributed by atoms with Gasteiger partial charge in [0.1, 0.15) is 5.75 Å². The van der Waals surface area contributed by atoms with Gasteiger partial charge in [0.25, 0.3) is 0 Å². The molecule has 2 heteroatoms. The predicted octanol–water partition coefficient (Wildman–Crippen LogP) is 2.43. The molecule has 0 aromatic heterocycles. The van der Waals surface area contributed by atoms with Crippen LogP contribution in [0.5, 0.6) is 5.75 Å². The van der Waals surface area contributed by atoms with E-state index in [-0.39, 0.29) is 5.54 Å². The van der Waals surface area contributed by atoms with Crippen LogP contribution in [0.2, 0.25) is 0 Å². The van der Waals surface area contributed by atoms with E-state index in [2.05, 4.69) is 19.1 Å². The molecule has 82 valence electrons. The van der Waals surface area contributed by atoms with Crippen LogP contribution in [0, 0.1) is 6.92 Å². The lowest BCUT2D eigenvalue weighted by molar-refractivity contribution is 0.414. The summed E-state index contributed by atoms with van der Waals surface area (Å²) in [6.45, 7) is 2.14. The van der Waals surface area contributed by atoms with Gasteiger partial charge in [-0.1, -0.05) is 6.07 Å². The molecule has 1 fully saturated rings. The maximum absolute atomic E-state index is 6.08. The third-order valence-corrected chi connectivity index (χ3v) is 3.34. The second kappa shape index (κ2) is 3.86. The second-order valence-corrected chi connectivity index (χ2v) is 4.65. The first-order chi connectivity index (χ1) is 7.13. The van der Waals surface area contributed by atoms with E-state index in [9.17, 15) is 0 Å². The molecule has 0 atom stereocenters. The number of hydrogen-bond acceptors (Lipinski definition) is 2. The van der Waals surface area contributed by atoms with Crippen molar-refractivity contribution >= 4 is 0 Å². The van der Waals surface area contributed by atoms with Gasteiger partial charge in [-0.05, 0) is 55.9 Å². The molecule has 1 aliphatic rings. The van der Waals surface area contributed by atoms with Crippen molar-refractivity contribution in [3.05, 3.63) is 29.3 Å². The van der Waals surface area contributed by atoms with Crippen LogP contribution < -0.4 is 10.5 Å². The molecule has 1 saturated carbocycles. The van der Waals surface area contributed by atoms with E-state index in [0.717, 1.165) is 18.6 Å². The highest BCUT2D eigenvalue weighted by molar-refractivity contribution is 5.35. The van der Waals surface area contributed by atoms with Crippen molar-refractivity contribution in [3.8, 4) is 5.75 Å². The molecule has 0 heterocycles. The summed E-state index contributed by atoms with van der Waals surface area (Å²) in [5.41, 5.74) is 8.93. The molecule has 1 aliphatic carbocycles. The fourth-order valence-electron chi connectivity index (χ4n) is 1.84. The van der Waals surface area contributed by atoms with Crippen molar-refractivity contribution in [1.29, 1.82) is 0 Å². The molecule has 0 bridgehead atoms. The number of ether oxygens (including phenoxy) is 1. The highest BCUT2D eigenvalue weighted by atomic mass is 16.5. The Morgan fingerprint density at radius 1 is 1.40 bits per heavy atom. The van der Waals surface area contributed by atoms with Gasteiger partial charge in [-0.2, -0.15) is 0 Å². The summed E-state index contributed by atoms with van der Waals surface area (Å²) in [5.74, 6) is 0.942. The van der Waals surface area contributed by atoms with Crippen LogP contribution in [0.1, 0.15) is 30.4 Å². The molecule has 0 amide bonds. The molecule has 2 rings (SSSR count). The van der Waals surface area contributed by atoms with Crippen molar-refractivity contribution in [3.63, 3.8) is 0 Å². The molecule has 1 aromatic rings. The van der Waals surface area contributed by atoms with Gasteiger partial charge in [-0.25, -0.2) is 0 Å². The zero-order valence-electron chi connectivity index (χ0n) is 9.55. The van der Waals surface area contributed by atoms with Gasteiger partial charge in [0, 0.05) is 5.54 Å². The Kier molecular flexibility index (Phi) is 2.70. The lowest BCUT2D eigenvalue weighted by Crippen LogP contribution is -2.22. The first kappa shape index (κ1) is 10.5. The zero-order chi connectivity index (χ0) is 10.9. The Balaban J connectivity index is 2.05. The number of hydrogen-bond donors (Lipinski definition) is 1. The summed E-state index contributed by atoms with van der Waals surface area (Å²) in [7, 11) is 1.71. The summed E-state index contributed by atoms with van der Waals surface area (Å²) in [5, 5.41) is 0. The van der Waals surface area contributed by atoms with Gasteiger partial charge in [-0.15, -0.1) is 0 Å². The number of aryl methyl sites for hydroxylation is 2. The molecule has 2 nitrogen and oxygen atoms in total. The Morgan fingerprint density at radius 2 is 2.13 bits per heavy atom. The van der Waals surface area contributed by atoms with Gasteiger partial charge < -0.3 is 10.5 Å². The second-order valence-electron chi connectivity index (χ2n) is 4.65. The highest BCUT2D eigenvalue weighted by Gasteiger charge is 2.37. The van der Waals surface area contributed by atoms with E-state index in [1.54, 1.807) is 7.11 Å². The van der Waals surface area contributed by atoms with E-state index < -0.39 is 0 Å². The minimum absolute atomic E-state index is 0.148. The topological polar surface area (TPSA) is 35.2 Å². The van der Waals surface area contributed by atoms with E-state index in [1.807, 2.05) is 6.07 Å². The molecule has 0 saturated heterocycles. The standard InChI is InChI=1S/C13H19NO/c1-10-3-4-12(15-2)9-11(10)5-6-13(14)7-8-13/h3-4,9H,5-8,14H2,1-2H3. The fraction of sp³-hybridized carbons (Fsp3) is 0.538. The first-order valence-corrected chi connectivity index (χ1v) is 5.55. The van der Waals surface area contributed by atoms with Crippen molar-refractivity contribution < 1.29 is 4.74 Å². The van der Waals surface area contributed by atoms with E-state index in [1.165, 1.54) is 24.0 Å². The Bertz CT molecular complexity index is 356. The third kappa shape index (κ3) is 2.51. The molecule has 2 N–H and O–H groups in total. The van der Waals surface area contributed by atoms with Crippen LogP contribution >= 0.6 is 0 Å². The average Bonchev–Trinajstić information content (AvgIpc) is 2.96. The monoisotopic (exact) mass is 205 g/mol. The van der Waals surface area contributed by atoms with Crippen LogP contribution in [-0.2, 0) is 6.42 Å². The van der Waals surface area contributed by atoms with Crippen LogP contribution in [0.15, 0.2) is 18.2 Å². The SMILES string of the molecule is COc1ccc(C)c(CCC2(N)CC2)c1. The minimum Gasteiger partial charge on any atom is -0.497 e. The average molecular weight is 205 g/mol. The normalized spacial score (nSPS) is 17.5. The van der Waals surface area contributed by atoms with Crippen molar-refractivity contribution in [2.45, 2.75) is 38.1 Å².